The van der Waals surface area contributed by atoms with Crippen LogP contribution in [0.15, 0.2) is 0 Å². The lowest BCUT2D eigenvalue weighted by Gasteiger charge is -2.40. The number of rotatable bonds is 1. The summed E-state index contributed by atoms with van der Waals surface area (Å²) in [6.07, 6.45) is -4.35. The van der Waals surface area contributed by atoms with E-state index in [9.17, 15) is 0 Å². The Hall–Kier alpha value is -0.240. The fraction of sp³-hybridized carbons (Fsp3) is 1.00. The molecule has 1 aliphatic heterocycles. The monoisotopic (exact) mass is 180 g/mol. The van der Waals surface area contributed by atoms with Crippen LogP contribution < -0.4 is 0 Å². The molecule has 1 rings (SSSR count). The number of aliphatic hydroxyl groups is 5. The highest BCUT2D eigenvalue weighted by Gasteiger charge is 2.49. The summed E-state index contributed by atoms with van der Waals surface area (Å²) in [7, 11) is 0. The van der Waals surface area contributed by atoms with Crippen LogP contribution in [0.5, 0.6) is 0 Å². The first-order chi connectivity index (χ1) is 5.50. The van der Waals surface area contributed by atoms with Gasteiger partial charge >= 0.3 is 0 Å². The molecule has 0 aromatic heterocycles. The van der Waals surface area contributed by atoms with Crippen LogP contribution in [0.2, 0.25) is 0 Å². The minimum atomic E-state index is -2.59. The van der Waals surface area contributed by atoms with Gasteiger partial charge in [-0.05, 0) is 0 Å². The molecule has 12 heavy (non-hydrogen) atoms. The molecule has 5 N–H and O–H groups in total. The van der Waals surface area contributed by atoms with Crippen molar-refractivity contribution in [3.63, 3.8) is 0 Å². The zero-order chi connectivity index (χ0) is 9.35. The van der Waals surface area contributed by atoms with Crippen LogP contribution in [-0.2, 0) is 4.74 Å². The summed E-state index contributed by atoms with van der Waals surface area (Å²) in [4.78, 5) is 0. The zero-order valence-electron chi connectivity index (χ0n) is 6.29. The van der Waals surface area contributed by atoms with Crippen LogP contribution in [0.25, 0.3) is 0 Å². The quantitative estimate of drug-likeness (QED) is 0.271. The third kappa shape index (κ3) is 1.45. The zero-order valence-corrected chi connectivity index (χ0v) is 6.29. The van der Waals surface area contributed by atoms with E-state index in [0.717, 1.165) is 0 Å². The van der Waals surface area contributed by atoms with Crippen LogP contribution in [0.4, 0.5) is 0 Å². The van der Waals surface area contributed by atoms with Crippen molar-refractivity contribution in [3.05, 3.63) is 0 Å². The van der Waals surface area contributed by atoms with E-state index in [4.69, 9.17) is 25.5 Å². The Kier molecular flexibility index (Phi) is 2.67. The molecular weight excluding hydrogens is 168 g/mol. The molecule has 3 atom stereocenters. The van der Waals surface area contributed by atoms with Crippen LogP contribution in [0, 0.1) is 0 Å². The SMILES string of the molecule is OC[C@@H]1OC[C@H](O)[C@@H](O)C1(O)O. The second-order valence-corrected chi connectivity index (χ2v) is 2.80. The molecule has 0 radical (unpaired) electrons. The van der Waals surface area contributed by atoms with Gasteiger partial charge in [0, 0.05) is 0 Å². The van der Waals surface area contributed by atoms with Gasteiger partial charge in [0.15, 0.2) is 0 Å². The van der Waals surface area contributed by atoms with Crippen LogP contribution in [0.1, 0.15) is 0 Å². The molecule has 0 aliphatic carbocycles. The van der Waals surface area contributed by atoms with Crippen molar-refractivity contribution in [2.45, 2.75) is 24.1 Å². The third-order valence-corrected chi connectivity index (χ3v) is 1.91. The van der Waals surface area contributed by atoms with Crippen molar-refractivity contribution in [2.24, 2.45) is 0 Å². The van der Waals surface area contributed by atoms with Gasteiger partial charge in [0.2, 0.25) is 5.79 Å². The maximum Gasteiger partial charge on any atom is 0.221 e. The van der Waals surface area contributed by atoms with Gasteiger partial charge in [0.25, 0.3) is 0 Å². The average Bonchev–Trinajstić information content (AvgIpc) is 2.01. The molecule has 1 saturated heterocycles. The van der Waals surface area contributed by atoms with E-state index < -0.39 is 30.7 Å². The lowest BCUT2D eigenvalue weighted by Crippen LogP contribution is -2.63. The number of ether oxygens (including phenoxy) is 1. The van der Waals surface area contributed by atoms with E-state index in [0.29, 0.717) is 0 Å². The van der Waals surface area contributed by atoms with Crippen molar-refractivity contribution in [2.75, 3.05) is 13.2 Å². The Bertz CT molecular complexity index is 154. The molecule has 0 saturated carbocycles. The molecule has 6 nitrogen and oxygen atoms in total. The molecule has 0 aromatic carbocycles. The summed E-state index contributed by atoms with van der Waals surface area (Å²) in [6, 6.07) is 0. The topological polar surface area (TPSA) is 110 Å². The van der Waals surface area contributed by atoms with Crippen molar-refractivity contribution in [1.29, 1.82) is 0 Å². The van der Waals surface area contributed by atoms with Crippen LogP contribution in [0.3, 0.4) is 0 Å². The first-order valence-electron chi connectivity index (χ1n) is 3.53. The largest absolute Gasteiger partial charge is 0.393 e. The Morgan fingerprint density at radius 1 is 1.33 bits per heavy atom. The fourth-order valence-electron chi connectivity index (χ4n) is 1.09. The molecule has 1 aliphatic rings. The fourth-order valence-corrected chi connectivity index (χ4v) is 1.09. The Balaban J connectivity index is 2.73. The average molecular weight is 180 g/mol. The Labute approximate surface area is 68.6 Å². The smallest absolute Gasteiger partial charge is 0.221 e. The van der Waals surface area contributed by atoms with E-state index >= 15 is 0 Å². The van der Waals surface area contributed by atoms with Gasteiger partial charge in [0.05, 0.1) is 13.2 Å². The number of hydrogen-bond acceptors (Lipinski definition) is 6. The molecule has 1 heterocycles. The van der Waals surface area contributed by atoms with E-state index in [1.165, 1.54) is 0 Å². The minimum Gasteiger partial charge on any atom is -0.393 e. The minimum absolute atomic E-state index is 0.227. The van der Waals surface area contributed by atoms with Crippen LogP contribution in [-0.4, -0.2) is 62.8 Å². The summed E-state index contributed by atoms with van der Waals surface area (Å²) < 4.78 is 4.67. The van der Waals surface area contributed by atoms with Crippen molar-refractivity contribution in [3.8, 4) is 0 Å². The Morgan fingerprint density at radius 2 is 1.92 bits per heavy atom. The molecule has 0 amide bonds. The van der Waals surface area contributed by atoms with Crippen LogP contribution >= 0.6 is 0 Å². The highest BCUT2D eigenvalue weighted by molar-refractivity contribution is 4.92. The number of aliphatic hydroxyl groups excluding tert-OH is 3. The molecule has 0 aromatic rings. The maximum absolute atomic E-state index is 9.13. The van der Waals surface area contributed by atoms with Crippen molar-refractivity contribution in [1.82, 2.24) is 0 Å². The Morgan fingerprint density at radius 3 is 2.42 bits per heavy atom. The highest BCUT2D eigenvalue weighted by Crippen LogP contribution is 2.23. The maximum atomic E-state index is 9.13. The van der Waals surface area contributed by atoms with Crippen molar-refractivity contribution < 1.29 is 30.3 Å². The van der Waals surface area contributed by atoms with Gasteiger partial charge in [-0.25, -0.2) is 0 Å². The predicted octanol–water partition coefficient (Wildman–Crippen LogP) is -3.22. The normalized spacial score (nSPS) is 41.2. The second kappa shape index (κ2) is 3.25. The lowest BCUT2D eigenvalue weighted by molar-refractivity contribution is -0.335. The standard InChI is InChI=1S/C6H12O6/c7-1-4-6(10,11)5(9)3(8)2-12-4/h3-5,7-11H,1-2H2/t3-,4-,5+/m0/s1. The number of hydrogen-bond donors (Lipinski definition) is 5. The van der Waals surface area contributed by atoms with Gasteiger partial charge in [-0.15, -0.1) is 0 Å². The highest BCUT2D eigenvalue weighted by atomic mass is 16.6. The summed E-state index contributed by atoms with van der Waals surface area (Å²) in [5, 5.41) is 44.9. The first kappa shape index (κ1) is 9.85. The first-order valence-corrected chi connectivity index (χ1v) is 3.53. The summed E-state index contributed by atoms with van der Waals surface area (Å²) >= 11 is 0. The second-order valence-electron chi connectivity index (χ2n) is 2.80. The molecule has 72 valence electrons. The van der Waals surface area contributed by atoms with Gasteiger partial charge in [-0.3, -0.25) is 0 Å². The van der Waals surface area contributed by atoms with Gasteiger partial charge in [-0.1, -0.05) is 0 Å². The summed E-state index contributed by atoms with van der Waals surface area (Å²) in [5.74, 6) is -2.59. The van der Waals surface area contributed by atoms with E-state index in [2.05, 4.69) is 4.74 Å². The summed E-state index contributed by atoms with van der Waals surface area (Å²) in [5.41, 5.74) is 0. The lowest BCUT2D eigenvalue weighted by atomic mass is 9.96. The van der Waals surface area contributed by atoms with Gasteiger partial charge in [0.1, 0.15) is 18.3 Å². The van der Waals surface area contributed by atoms with E-state index in [1.54, 1.807) is 0 Å². The van der Waals surface area contributed by atoms with Gasteiger partial charge < -0.3 is 30.3 Å². The third-order valence-electron chi connectivity index (χ3n) is 1.91. The molecular formula is C6H12O6. The van der Waals surface area contributed by atoms with Crippen molar-refractivity contribution >= 4 is 0 Å². The molecule has 0 bridgehead atoms. The van der Waals surface area contributed by atoms with E-state index in [1.807, 2.05) is 0 Å². The van der Waals surface area contributed by atoms with Gasteiger partial charge in [-0.2, -0.15) is 0 Å². The van der Waals surface area contributed by atoms with E-state index in [-0.39, 0.29) is 6.61 Å². The molecule has 6 heteroatoms. The molecule has 0 spiro atoms. The predicted molar refractivity (Wildman–Crippen MR) is 36.0 cm³/mol. The molecule has 1 fully saturated rings. The summed E-state index contributed by atoms with van der Waals surface area (Å²) in [6.45, 7) is -0.855. The molecule has 0 unspecified atom stereocenters.